The van der Waals surface area contributed by atoms with Crippen molar-refractivity contribution in [2.75, 3.05) is 7.11 Å². The molecule has 5 heteroatoms. The molecule has 1 aliphatic heterocycles. The highest BCUT2D eigenvalue weighted by atomic mass is 16.6. The molecule has 2 rings (SSSR count). The van der Waals surface area contributed by atoms with Crippen LogP contribution in [0.2, 0.25) is 0 Å². The molecule has 0 unspecified atom stereocenters. The molecule has 0 aliphatic carbocycles. The number of likely N-dealkylation sites (tertiary alicyclic amines) is 1. The van der Waals surface area contributed by atoms with E-state index in [4.69, 9.17) is 9.47 Å². The first-order valence-electron chi connectivity index (χ1n) is 6.79. The van der Waals surface area contributed by atoms with Gasteiger partial charge < -0.3 is 9.47 Å². The quantitative estimate of drug-likeness (QED) is 0.634. The molecule has 21 heavy (non-hydrogen) atoms. The van der Waals surface area contributed by atoms with Crippen LogP contribution in [0.5, 0.6) is 0 Å². The zero-order valence-electron chi connectivity index (χ0n) is 12.2. The van der Waals surface area contributed by atoms with Crippen molar-refractivity contribution in [3.05, 3.63) is 48.0 Å². The molecule has 0 bridgehead atoms. The maximum Gasteiger partial charge on any atom is 0.411 e. The van der Waals surface area contributed by atoms with Crippen LogP contribution in [-0.4, -0.2) is 36.2 Å². The minimum absolute atomic E-state index is 0.134. The summed E-state index contributed by atoms with van der Waals surface area (Å²) >= 11 is 0. The van der Waals surface area contributed by atoms with Gasteiger partial charge in [-0.3, -0.25) is 4.90 Å². The van der Waals surface area contributed by atoms with Gasteiger partial charge in [0, 0.05) is 6.04 Å². The first kappa shape index (κ1) is 15.1. The highest BCUT2D eigenvalue weighted by Crippen LogP contribution is 2.29. The standard InChI is InChI=1S/C16H19NO4/c1-11-9-12(2)17(14(11)15(18)20-3)16(19)21-10-13-7-5-4-6-8-13/h4-8,12,14H,1,9-10H2,2-3H3/t12-,14-/m1/s1. The fraction of sp³-hybridized carbons (Fsp3) is 0.375. The molecule has 112 valence electrons. The number of esters is 1. The van der Waals surface area contributed by atoms with E-state index in [1.165, 1.54) is 12.0 Å². The van der Waals surface area contributed by atoms with Crippen LogP contribution >= 0.6 is 0 Å². The largest absolute Gasteiger partial charge is 0.467 e. The molecule has 0 spiro atoms. The van der Waals surface area contributed by atoms with Gasteiger partial charge in [0.25, 0.3) is 0 Å². The lowest BCUT2D eigenvalue weighted by Crippen LogP contribution is -2.45. The molecular formula is C16H19NO4. The van der Waals surface area contributed by atoms with Crippen LogP contribution in [0.3, 0.4) is 0 Å². The third-order valence-electron chi connectivity index (χ3n) is 3.54. The van der Waals surface area contributed by atoms with E-state index in [0.717, 1.165) is 5.56 Å². The summed E-state index contributed by atoms with van der Waals surface area (Å²) in [7, 11) is 1.30. The molecule has 1 aliphatic rings. The number of methoxy groups -OCH3 is 1. The van der Waals surface area contributed by atoms with E-state index in [1.54, 1.807) is 0 Å². The second-order valence-corrected chi connectivity index (χ2v) is 5.08. The number of hydrogen-bond donors (Lipinski definition) is 0. The fourth-order valence-electron chi connectivity index (χ4n) is 2.51. The fourth-order valence-corrected chi connectivity index (χ4v) is 2.51. The molecule has 0 N–H and O–H groups in total. The second kappa shape index (κ2) is 6.43. The Balaban J connectivity index is 2.05. The smallest absolute Gasteiger partial charge is 0.411 e. The predicted molar refractivity (Wildman–Crippen MR) is 77.5 cm³/mol. The Bertz CT molecular complexity index is 532. The Hall–Kier alpha value is -2.30. The molecule has 1 heterocycles. The minimum atomic E-state index is -0.756. The topological polar surface area (TPSA) is 55.8 Å². The Morgan fingerprint density at radius 3 is 2.62 bits per heavy atom. The first-order valence-corrected chi connectivity index (χ1v) is 6.79. The van der Waals surface area contributed by atoms with Crippen molar-refractivity contribution < 1.29 is 19.1 Å². The van der Waals surface area contributed by atoms with Crippen LogP contribution in [0, 0.1) is 0 Å². The van der Waals surface area contributed by atoms with E-state index < -0.39 is 18.1 Å². The summed E-state index contributed by atoms with van der Waals surface area (Å²) in [5.41, 5.74) is 1.57. The molecule has 1 saturated heterocycles. The Morgan fingerprint density at radius 1 is 1.33 bits per heavy atom. The zero-order chi connectivity index (χ0) is 15.4. The average molecular weight is 289 g/mol. The molecule has 0 saturated carbocycles. The number of hydrogen-bond acceptors (Lipinski definition) is 4. The monoisotopic (exact) mass is 289 g/mol. The van der Waals surface area contributed by atoms with Crippen molar-refractivity contribution in [3.8, 4) is 0 Å². The summed E-state index contributed by atoms with van der Waals surface area (Å²) in [6.45, 7) is 5.88. The highest BCUT2D eigenvalue weighted by Gasteiger charge is 2.43. The summed E-state index contributed by atoms with van der Waals surface area (Å²) in [5.74, 6) is -0.485. The first-order chi connectivity index (χ1) is 10.0. The van der Waals surface area contributed by atoms with E-state index in [1.807, 2.05) is 37.3 Å². The van der Waals surface area contributed by atoms with Gasteiger partial charge in [-0.15, -0.1) is 0 Å². The maximum atomic E-state index is 12.3. The lowest BCUT2D eigenvalue weighted by molar-refractivity contribution is -0.144. The van der Waals surface area contributed by atoms with Crippen LogP contribution in [0.15, 0.2) is 42.5 Å². The van der Waals surface area contributed by atoms with Crippen LogP contribution in [0.1, 0.15) is 18.9 Å². The van der Waals surface area contributed by atoms with Crippen molar-refractivity contribution in [1.29, 1.82) is 0 Å². The third kappa shape index (κ3) is 3.24. The summed E-state index contributed by atoms with van der Waals surface area (Å²) in [6, 6.07) is 8.50. The SMILES string of the molecule is C=C1C[C@@H](C)N(C(=O)OCc2ccccc2)[C@H]1C(=O)OC. The Kier molecular flexibility index (Phi) is 4.62. The highest BCUT2D eigenvalue weighted by molar-refractivity contribution is 5.85. The van der Waals surface area contributed by atoms with Crippen molar-refractivity contribution >= 4 is 12.1 Å². The molecule has 0 radical (unpaired) electrons. The normalized spacial score (nSPS) is 21.2. The van der Waals surface area contributed by atoms with E-state index >= 15 is 0 Å². The van der Waals surface area contributed by atoms with Gasteiger partial charge in [-0.1, -0.05) is 36.9 Å². The molecule has 1 amide bonds. The number of rotatable bonds is 3. The lowest BCUT2D eigenvalue weighted by atomic mass is 10.1. The predicted octanol–water partition coefficient (Wildman–Crippen LogP) is 2.52. The Morgan fingerprint density at radius 2 is 2.00 bits per heavy atom. The summed E-state index contributed by atoms with van der Waals surface area (Å²) in [4.78, 5) is 25.5. The van der Waals surface area contributed by atoms with Crippen molar-refractivity contribution in [2.45, 2.75) is 32.0 Å². The van der Waals surface area contributed by atoms with E-state index in [0.29, 0.717) is 12.0 Å². The summed E-state index contributed by atoms with van der Waals surface area (Å²) in [6.07, 6.45) is 0.0422. The molecule has 5 nitrogen and oxygen atoms in total. The molecule has 0 aromatic heterocycles. The average Bonchev–Trinajstić information content (AvgIpc) is 2.79. The van der Waals surface area contributed by atoms with Gasteiger partial charge in [0.2, 0.25) is 0 Å². The van der Waals surface area contributed by atoms with Crippen LogP contribution < -0.4 is 0 Å². The maximum absolute atomic E-state index is 12.3. The summed E-state index contributed by atoms with van der Waals surface area (Å²) < 4.78 is 10.0. The van der Waals surface area contributed by atoms with Crippen molar-refractivity contribution in [2.24, 2.45) is 0 Å². The van der Waals surface area contributed by atoms with Crippen molar-refractivity contribution in [1.82, 2.24) is 4.90 Å². The summed E-state index contributed by atoms with van der Waals surface area (Å²) in [5, 5.41) is 0. The van der Waals surface area contributed by atoms with Crippen molar-refractivity contribution in [3.63, 3.8) is 0 Å². The molecule has 1 fully saturated rings. The van der Waals surface area contributed by atoms with Gasteiger partial charge in [0.1, 0.15) is 6.61 Å². The van der Waals surface area contributed by atoms with Crippen LogP contribution in [0.25, 0.3) is 0 Å². The van der Waals surface area contributed by atoms with Crippen LogP contribution in [0.4, 0.5) is 4.79 Å². The Labute approximate surface area is 124 Å². The molecule has 1 aromatic carbocycles. The van der Waals surface area contributed by atoms with Gasteiger partial charge >= 0.3 is 12.1 Å². The van der Waals surface area contributed by atoms with Crippen LogP contribution in [-0.2, 0) is 20.9 Å². The number of carbonyl (C=O) groups excluding carboxylic acids is 2. The number of carbonyl (C=O) groups is 2. The van der Waals surface area contributed by atoms with E-state index in [9.17, 15) is 9.59 Å². The zero-order valence-corrected chi connectivity index (χ0v) is 12.2. The molecule has 1 aromatic rings. The van der Waals surface area contributed by atoms with Gasteiger partial charge in [0.05, 0.1) is 7.11 Å². The van der Waals surface area contributed by atoms with Gasteiger partial charge in [0.15, 0.2) is 6.04 Å². The third-order valence-corrected chi connectivity index (χ3v) is 3.54. The van der Waals surface area contributed by atoms with E-state index in [-0.39, 0.29) is 12.6 Å². The minimum Gasteiger partial charge on any atom is -0.467 e. The molecule has 2 atom stereocenters. The lowest BCUT2D eigenvalue weighted by Gasteiger charge is -2.25. The number of amides is 1. The number of ether oxygens (including phenoxy) is 2. The van der Waals surface area contributed by atoms with Gasteiger partial charge in [-0.2, -0.15) is 0 Å². The van der Waals surface area contributed by atoms with E-state index in [2.05, 4.69) is 6.58 Å². The van der Waals surface area contributed by atoms with Gasteiger partial charge in [-0.05, 0) is 24.5 Å². The second-order valence-electron chi connectivity index (χ2n) is 5.08. The number of nitrogens with zero attached hydrogens (tertiary/aromatic N) is 1. The molecular weight excluding hydrogens is 270 g/mol. The van der Waals surface area contributed by atoms with Gasteiger partial charge in [-0.25, -0.2) is 9.59 Å². The number of benzene rings is 1.